The summed E-state index contributed by atoms with van der Waals surface area (Å²) in [5, 5.41) is 14.2. The van der Waals surface area contributed by atoms with Gasteiger partial charge in [0.1, 0.15) is 5.15 Å². The van der Waals surface area contributed by atoms with Crippen LogP contribution in [-0.4, -0.2) is 9.91 Å². The van der Waals surface area contributed by atoms with E-state index < -0.39 is 4.92 Å². The molecule has 1 atom stereocenters. The summed E-state index contributed by atoms with van der Waals surface area (Å²) in [6, 6.07) is 10.3. The molecule has 1 unspecified atom stereocenters. The Morgan fingerprint density at radius 2 is 2.15 bits per heavy atom. The molecule has 104 valence electrons. The van der Waals surface area contributed by atoms with Gasteiger partial charge in [-0.1, -0.05) is 39.7 Å². The lowest BCUT2D eigenvalue weighted by Crippen LogP contribution is -2.10. The minimum Gasteiger partial charge on any atom is -0.358 e. The molecular weight excluding hydrogens is 346 g/mol. The molecule has 0 aliphatic heterocycles. The maximum atomic E-state index is 11.0. The summed E-state index contributed by atoms with van der Waals surface area (Å²) in [6.07, 6.45) is 0. The highest BCUT2D eigenvalue weighted by molar-refractivity contribution is 9.10. The fourth-order valence-corrected chi connectivity index (χ4v) is 2.31. The Balaban J connectivity index is 2.29. The number of hydrogen-bond donors (Lipinski definition) is 1. The van der Waals surface area contributed by atoms with Gasteiger partial charge in [0, 0.05) is 10.5 Å². The molecule has 0 aliphatic carbocycles. The SMILES string of the molecule is CC(Nc1nc(Cl)ccc1[N+](=O)[O-])c1cccc(Br)c1. The van der Waals surface area contributed by atoms with E-state index in [2.05, 4.69) is 26.2 Å². The second-order valence-corrected chi connectivity index (χ2v) is 5.48. The van der Waals surface area contributed by atoms with Crippen LogP contribution < -0.4 is 5.32 Å². The third-order valence-electron chi connectivity index (χ3n) is 2.74. The molecular formula is C13H11BrClN3O2. The van der Waals surface area contributed by atoms with E-state index in [-0.39, 0.29) is 22.7 Å². The van der Waals surface area contributed by atoms with Gasteiger partial charge in [0.15, 0.2) is 0 Å². The largest absolute Gasteiger partial charge is 0.358 e. The molecule has 7 heteroatoms. The van der Waals surface area contributed by atoms with Crippen molar-refractivity contribution in [2.24, 2.45) is 0 Å². The first-order chi connectivity index (χ1) is 9.47. The lowest BCUT2D eigenvalue weighted by molar-refractivity contribution is -0.384. The Bertz CT molecular complexity index is 651. The van der Waals surface area contributed by atoms with Crippen molar-refractivity contribution in [3.63, 3.8) is 0 Å². The molecule has 5 nitrogen and oxygen atoms in total. The molecule has 0 bridgehead atoms. The van der Waals surface area contributed by atoms with Gasteiger partial charge < -0.3 is 5.32 Å². The van der Waals surface area contributed by atoms with Gasteiger partial charge in [-0.25, -0.2) is 4.98 Å². The van der Waals surface area contributed by atoms with Crippen LogP contribution in [-0.2, 0) is 0 Å². The van der Waals surface area contributed by atoms with Crippen LogP contribution in [0, 0.1) is 10.1 Å². The Kier molecular flexibility index (Phi) is 4.57. The van der Waals surface area contributed by atoms with E-state index >= 15 is 0 Å². The van der Waals surface area contributed by atoms with E-state index in [0.29, 0.717) is 0 Å². The first-order valence-corrected chi connectivity index (χ1v) is 6.97. The second kappa shape index (κ2) is 6.19. The molecule has 1 aromatic carbocycles. The zero-order chi connectivity index (χ0) is 14.7. The number of nitro groups is 1. The minimum atomic E-state index is -0.487. The highest BCUT2D eigenvalue weighted by Crippen LogP contribution is 2.28. The topological polar surface area (TPSA) is 68.1 Å². The number of benzene rings is 1. The maximum Gasteiger partial charge on any atom is 0.311 e. The summed E-state index contributed by atoms with van der Waals surface area (Å²) < 4.78 is 0.942. The first-order valence-electron chi connectivity index (χ1n) is 5.80. The van der Waals surface area contributed by atoms with E-state index in [1.807, 2.05) is 31.2 Å². The van der Waals surface area contributed by atoms with Crippen molar-refractivity contribution in [3.05, 3.63) is 61.7 Å². The first kappa shape index (κ1) is 14.7. The standard InChI is InChI=1S/C13H11BrClN3O2/c1-8(9-3-2-4-10(14)7-9)16-13-11(18(19)20)5-6-12(15)17-13/h2-8H,1H3,(H,16,17). The average molecular weight is 357 g/mol. The molecule has 0 saturated heterocycles. The van der Waals surface area contributed by atoms with Crippen LogP contribution in [0.4, 0.5) is 11.5 Å². The molecule has 0 amide bonds. The summed E-state index contributed by atoms with van der Waals surface area (Å²) >= 11 is 9.19. The Labute approximate surface area is 129 Å². The summed E-state index contributed by atoms with van der Waals surface area (Å²) in [4.78, 5) is 14.5. The molecule has 2 aromatic rings. The van der Waals surface area contributed by atoms with Crippen molar-refractivity contribution in [1.82, 2.24) is 4.98 Å². The van der Waals surface area contributed by atoms with Crippen LogP contribution in [0.5, 0.6) is 0 Å². The van der Waals surface area contributed by atoms with E-state index in [4.69, 9.17) is 11.6 Å². The zero-order valence-corrected chi connectivity index (χ0v) is 12.9. The highest BCUT2D eigenvalue weighted by atomic mass is 79.9. The number of anilines is 1. The van der Waals surface area contributed by atoms with Crippen LogP contribution in [0.3, 0.4) is 0 Å². The number of pyridine rings is 1. The van der Waals surface area contributed by atoms with Crippen molar-refractivity contribution in [2.75, 3.05) is 5.32 Å². The van der Waals surface area contributed by atoms with Crippen molar-refractivity contribution >= 4 is 39.0 Å². The molecule has 1 aromatic heterocycles. The van der Waals surface area contributed by atoms with E-state index in [1.54, 1.807) is 0 Å². The third-order valence-corrected chi connectivity index (χ3v) is 3.44. The second-order valence-electron chi connectivity index (χ2n) is 4.18. The van der Waals surface area contributed by atoms with E-state index in [9.17, 15) is 10.1 Å². The third kappa shape index (κ3) is 3.46. The summed E-state index contributed by atoms with van der Waals surface area (Å²) in [5.41, 5.74) is 0.881. The normalized spacial score (nSPS) is 11.9. The number of nitrogens with one attached hydrogen (secondary N) is 1. The average Bonchev–Trinajstić information content (AvgIpc) is 2.38. The Morgan fingerprint density at radius 1 is 1.40 bits per heavy atom. The maximum absolute atomic E-state index is 11.0. The van der Waals surface area contributed by atoms with Gasteiger partial charge in [0.25, 0.3) is 0 Å². The molecule has 20 heavy (non-hydrogen) atoms. The lowest BCUT2D eigenvalue weighted by Gasteiger charge is -2.15. The molecule has 0 radical (unpaired) electrons. The van der Waals surface area contributed by atoms with Gasteiger partial charge in [-0.2, -0.15) is 0 Å². The fraction of sp³-hybridized carbons (Fsp3) is 0.154. The van der Waals surface area contributed by atoms with Gasteiger partial charge >= 0.3 is 5.69 Å². The molecule has 1 N–H and O–H groups in total. The molecule has 1 heterocycles. The van der Waals surface area contributed by atoms with Crippen molar-refractivity contribution < 1.29 is 4.92 Å². The molecule has 0 saturated carbocycles. The van der Waals surface area contributed by atoms with Gasteiger partial charge in [-0.15, -0.1) is 0 Å². The van der Waals surface area contributed by atoms with Gasteiger partial charge in [0.2, 0.25) is 5.82 Å². The highest BCUT2D eigenvalue weighted by Gasteiger charge is 2.18. The van der Waals surface area contributed by atoms with Gasteiger partial charge in [-0.3, -0.25) is 10.1 Å². The lowest BCUT2D eigenvalue weighted by atomic mass is 10.1. The number of nitrogens with zero attached hydrogens (tertiary/aromatic N) is 2. The van der Waals surface area contributed by atoms with Crippen molar-refractivity contribution in [3.8, 4) is 0 Å². The Hall–Kier alpha value is -1.66. The van der Waals surface area contributed by atoms with Crippen LogP contribution in [0.25, 0.3) is 0 Å². The van der Waals surface area contributed by atoms with E-state index in [0.717, 1.165) is 10.0 Å². The van der Waals surface area contributed by atoms with Crippen molar-refractivity contribution in [1.29, 1.82) is 0 Å². The molecule has 0 aliphatic rings. The predicted octanol–water partition coefficient (Wildman–Crippen LogP) is 4.58. The number of rotatable bonds is 4. The zero-order valence-electron chi connectivity index (χ0n) is 10.5. The summed E-state index contributed by atoms with van der Waals surface area (Å²) in [5.74, 6) is 0.162. The van der Waals surface area contributed by atoms with Crippen LogP contribution in [0.2, 0.25) is 5.15 Å². The van der Waals surface area contributed by atoms with Crippen LogP contribution >= 0.6 is 27.5 Å². The summed E-state index contributed by atoms with van der Waals surface area (Å²) in [7, 11) is 0. The fourth-order valence-electron chi connectivity index (χ4n) is 1.75. The van der Waals surface area contributed by atoms with Crippen molar-refractivity contribution in [2.45, 2.75) is 13.0 Å². The number of hydrogen-bond acceptors (Lipinski definition) is 4. The van der Waals surface area contributed by atoms with E-state index in [1.165, 1.54) is 12.1 Å². The Morgan fingerprint density at radius 3 is 2.80 bits per heavy atom. The minimum absolute atomic E-state index is 0.101. The molecule has 2 rings (SSSR count). The smallest absolute Gasteiger partial charge is 0.311 e. The predicted molar refractivity (Wildman–Crippen MR) is 82.1 cm³/mol. The number of halogens is 2. The quantitative estimate of drug-likeness (QED) is 0.494. The van der Waals surface area contributed by atoms with Crippen LogP contribution in [0.15, 0.2) is 40.9 Å². The van der Waals surface area contributed by atoms with Gasteiger partial charge in [0.05, 0.1) is 11.0 Å². The molecule has 0 spiro atoms. The number of aromatic nitrogens is 1. The molecule has 0 fully saturated rings. The van der Waals surface area contributed by atoms with Gasteiger partial charge in [-0.05, 0) is 30.7 Å². The summed E-state index contributed by atoms with van der Waals surface area (Å²) in [6.45, 7) is 1.90. The van der Waals surface area contributed by atoms with Crippen LogP contribution in [0.1, 0.15) is 18.5 Å². The monoisotopic (exact) mass is 355 g/mol.